The second kappa shape index (κ2) is 4.17. The summed E-state index contributed by atoms with van der Waals surface area (Å²) in [6.45, 7) is 0. The molecule has 0 unspecified atom stereocenters. The van der Waals surface area contributed by atoms with E-state index in [1.54, 1.807) is 0 Å². The van der Waals surface area contributed by atoms with E-state index in [4.69, 9.17) is 33.4 Å². The number of ether oxygens (including phenoxy) is 1. The highest BCUT2D eigenvalue weighted by Gasteiger charge is 2.57. The highest BCUT2D eigenvalue weighted by atomic mass is 35.5. The van der Waals surface area contributed by atoms with E-state index in [0.717, 1.165) is 0 Å². The summed E-state index contributed by atoms with van der Waals surface area (Å²) in [7, 11) is 0. The number of nitrogens with zero attached hydrogens (tertiary/aromatic N) is 3. The molecular formula is C5H2Cl2F3N3O3. The first-order valence-corrected chi connectivity index (χ1v) is 4.15. The standard InChI is InChI=1S/C5H2Cl2F3N3O3/c6-1-11-2(7)13-3(12-1)16-5(14,15)4(8,9)10/h14-15H. The number of halogens is 5. The maximum Gasteiger partial charge on any atom is 0.486 e. The van der Waals surface area contributed by atoms with Crippen molar-refractivity contribution < 1.29 is 28.1 Å². The summed E-state index contributed by atoms with van der Waals surface area (Å²) >= 11 is 10.4. The fourth-order valence-corrected chi connectivity index (χ4v) is 0.888. The van der Waals surface area contributed by atoms with Crippen molar-refractivity contribution in [2.75, 3.05) is 0 Å². The van der Waals surface area contributed by atoms with Gasteiger partial charge >= 0.3 is 18.2 Å². The molecule has 0 aliphatic carbocycles. The van der Waals surface area contributed by atoms with Gasteiger partial charge in [0.25, 0.3) is 0 Å². The van der Waals surface area contributed by atoms with Crippen molar-refractivity contribution in [1.29, 1.82) is 0 Å². The van der Waals surface area contributed by atoms with Gasteiger partial charge in [0.1, 0.15) is 0 Å². The Labute approximate surface area is 95.6 Å². The summed E-state index contributed by atoms with van der Waals surface area (Å²) in [5.41, 5.74) is 0. The van der Waals surface area contributed by atoms with Crippen LogP contribution in [0.1, 0.15) is 0 Å². The SMILES string of the molecule is OC(O)(Oc1nc(Cl)nc(Cl)n1)C(F)(F)F. The molecule has 16 heavy (non-hydrogen) atoms. The molecule has 0 bridgehead atoms. The molecule has 6 nitrogen and oxygen atoms in total. The Morgan fingerprint density at radius 1 is 1.00 bits per heavy atom. The lowest BCUT2D eigenvalue weighted by Crippen LogP contribution is -2.50. The fraction of sp³-hybridized carbons (Fsp3) is 0.400. The first-order chi connectivity index (χ1) is 7.12. The number of rotatable bonds is 2. The third-order valence-electron chi connectivity index (χ3n) is 1.16. The van der Waals surface area contributed by atoms with Crippen LogP contribution in [-0.4, -0.2) is 37.3 Å². The molecule has 0 aromatic carbocycles. The van der Waals surface area contributed by atoms with Gasteiger partial charge in [0, 0.05) is 0 Å². The van der Waals surface area contributed by atoms with Crippen molar-refractivity contribution in [2.24, 2.45) is 0 Å². The van der Waals surface area contributed by atoms with E-state index in [1.807, 2.05) is 0 Å². The molecule has 1 rings (SSSR count). The largest absolute Gasteiger partial charge is 0.486 e. The molecule has 0 saturated heterocycles. The van der Waals surface area contributed by atoms with Crippen LogP contribution < -0.4 is 4.74 Å². The van der Waals surface area contributed by atoms with Crippen LogP contribution in [0.2, 0.25) is 10.6 Å². The molecule has 11 heteroatoms. The predicted molar refractivity (Wildman–Crippen MR) is 43.7 cm³/mol. The van der Waals surface area contributed by atoms with Gasteiger partial charge in [-0.05, 0) is 23.2 Å². The predicted octanol–water partition coefficient (Wildman–Crippen LogP) is 0.758. The Morgan fingerprint density at radius 3 is 1.81 bits per heavy atom. The van der Waals surface area contributed by atoms with Crippen molar-refractivity contribution in [3.8, 4) is 6.01 Å². The zero-order valence-corrected chi connectivity index (χ0v) is 8.55. The van der Waals surface area contributed by atoms with Gasteiger partial charge in [0.15, 0.2) is 0 Å². The van der Waals surface area contributed by atoms with Crippen molar-refractivity contribution in [3.63, 3.8) is 0 Å². The molecule has 1 aromatic rings. The molecule has 90 valence electrons. The van der Waals surface area contributed by atoms with E-state index in [2.05, 4.69) is 19.7 Å². The summed E-state index contributed by atoms with van der Waals surface area (Å²) in [5.74, 6) is -4.44. The molecule has 1 heterocycles. The maximum atomic E-state index is 12.0. The van der Waals surface area contributed by atoms with Gasteiger partial charge in [-0.15, -0.1) is 0 Å². The van der Waals surface area contributed by atoms with Gasteiger partial charge in [-0.1, -0.05) is 0 Å². The molecule has 0 fully saturated rings. The number of aromatic nitrogens is 3. The highest BCUT2D eigenvalue weighted by Crippen LogP contribution is 2.29. The van der Waals surface area contributed by atoms with Crippen LogP contribution in [-0.2, 0) is 0 Å². The Balaban J connectivity index is 2.96. The average Bonchev–Trinajstić information content (AvgIpc) is 1.97. The molecule has 2 N–H and O–H groups in total. The van der Waals surface area contributed by atoms with E-state index < -0.39 is 28.7 Å². The van der Waals surface area contributed by atoms with Crippen LogP contribution in [0.25, 0.3) is 0 Å². The van der Waals surface area contributed by atoms with E-state index in [1.165, 1.54) is 0 Å². The van der Waals surface area contributed by atoms with Crippen molar-refractivity contribution >= 4 is 23.2 Å². The van der Waals surface area contributed by atoms with Gasteiger partial charge in [0.2, 0.25) is 10.6 Å². The lowest BCUT2D eigenvalue weighted by atomic mass is 10.5. The zero-order valence-electron chi connectivity index (χ0n) is 7.03. The molecule has 0 aliphatic rings. The van der Waals surface area contributed by atoms with Gasteiger partial charge in [-0.25, -0.2) is 0 Å². The number of aliphatic hydroxyl groups is 2. The molecule has 0 amide bonds. The van der Waals surface area contributed by atoms with Crippen LogP contribution >= 0.6 is 23.2 Å². The smallest absolute Gasteiger partial charge is 0.398 e. The number of alkyl halides is 3. The second-order valence-corrected chi connectivity index (χ2v) is 3.04. The number of hydrogen-bond acceptors (Lipinski definition) is 6. The van der Waals surface area contributed by atoms with Crippen molar-refractivity contribution in [2.45, 2.75) is 12.1 Å². The van der Waals surface area contributed by atoms with Gasteiger partial charge in [-0.2, -0.15) is 28.1 Å². The summed E-state index contributed by atoms with van der Waals surface area (Å²) in [4.78, 5) is 9.31. The van der Waals surface area contributed by atoms with Crippen LogP contribution in [0.5, 0.6) is 6.01 Å². The summed E-state index contributed by atoms with van der Waals surface area (Å²) in [5, 5.41) is 15.9. The van der Waals surface area contributed by atoms with E-state index in [9.17, 15) is 13.2 Å². The van der Waals surface area contributed by atoms with Crippen LogP contribution in [0.15, 0.2) is 0 Å². The van der Waals surface area contributed by atoms with Gasteiger partial charge < -0.3 is 14.9 Å². The molecule has 0 aliphatic heterocycles. The highest BCUT2D eigenvalue weighted by molar-refractivity contribution is 6.31. The molecule has 1 aromatic heterocycles. The lowest BCUT2D eigenvalue weighted by molar-refractivity contribution is -0.430. The Morgan fingerprint density at radius 2 is 1.44 bits per heavy atom. The summed E-state index contributed by atoms with van der Waals surface area (Å²) in [6, 6.07) is -1.08. The number of hydrogen-bond donors (Lipinski definition) is 2. The third-order valence-corrected chi connectivity index (χ3v) is 1.50. The minimum absolute atomic E-state index is 0.562. The molecule has 0 spiro atoms. The third kappa shape index (κ3) is 3.04. The minimum Gasteiger partial charge on any atom is -0.398 e. The van der Waals surface area contributed by atoms with Crippen molar-refractivity contribution in [3.05, 3.63) is 10.6 Å². The lowest BCUT2D eigenvalue weighted by Gasteiger charge is -2.23. The van der Waals surface area contributed by atoms with E-state index >= 15 is 0 Å². The monoisotopic (exact) mass is 279 g/mol. The fourth-order valence-electron chi connectivity index (χ4n) is 0.540. The normalized spacial score (nSPS) is 12.7. The van der Waals surface area contributed by atoms with Gasteiger partial charge in [0.05, 0.1) is 0 Å². The Bertz CT molecular complexity index is 380. The van der Waals surface area contributed by atoms with Crippen LogP contribution in [0.3, 0.4) is 0 Å². The van der Waals surface area contributed by atoms with Crippen molar-refractivity contribution in [1.82, 2.24) is 15.0 Å². The first-order valence-electron chi connectivity index (χ1n) is 3.39. The Kier molecular flexibility index (Phi) is 3.43. The van der Waals surface area contributed by atoms with E-state index in [-0.39, 0.29) is 0 Å². The average molecular weight is 280 g/mol. The molecular weight excluding hydrogens is 278 g/mol. The topological polar surface area (TPSA) is 88.4 Å². The summed E-state index contributed by atoms with van der Waals surface area (Å²) in [6.07, 6.45) is -5.46. The summed E-state index contributed by atoms with van der Waals surface area (Å²) < 4.78 is 39.6. The first kappa shape index (κ1) is 13.2. The Hall–Kier alpha value is -0.900. The van der Waals surface area contributed by atoms with Crippen LogP contribution in [0.4, 0.5) is 13.2 Å². The maximum absolute atomic E-state index is 12.0. The van der Waals surface area contributed by atoms with E-state index in [0.29, 0.717) is 0 Å². The minimum atomic E-state index is -5.46. The molecule has 0 atom stereocenters. The van der Waals surface area contributed by atoms with Gasteiger partial charge in [-0.3, -0.25) is 0 Å². The molecule has 0 saturated carbocycles. The quantitative estimate of drug-likeness (QED) is 0.777. The second-order valence-electron chi connectivity index (χ2n) is 2.36. The molecule has 0 radical (unpaired) electrons. The van der Waals surface area contributed by atoms with Crippen LogP contribution in [0, 0.1) is 0 Å². The zero-order chi connectivity index (χ0) is 12.6.